The highest BCUT2D eigenvalue weighted by Gasteiger charge is 2.17. The number of anilines is 1. The van der Waals surface area contributed by atoms with Gasteiger partial charge in [0.25, 0.3) is 0 Å². The molecule has 0 unspecified atom stereocenters. The zero-order valence-electron chi connectivity index (χ0n) is 11.8. The van der Waals surface area contributed by atoms with Crippen LogP contribution >= 0.6 is 0 Å². The van der Waals surface area contributed by atoms with Crippen LogP contribution < -0.4 is 11.1 Å². The number of nitrogens with two attached hydrogens (primary N) is 1. The van der Waals surface area contributed by atoms with Crippen LogP contribution in [0.3, 0.4) is 0 Å². The van der Waals surface area contributed by atoms with Gasteiger partial charge < -0.3 is 11.1 Å². The molecule has 0 aliphatic carbocycles. The molecule has 1 amide bonds. The summed E-state index contributed by atoms with van der Waals surface area (Å²) in [4.78, 5) is 16.0. The monoisotopic (exact) mass is 277 g/mol. The number of aromatic nitrogens is 5. The minimum absolute atomic E-state index is 0.0799. The van der Waals surface area contributed by atoms with Gasteiger partial charge in [0.05, 0.1) is 5.69 Å². The summed E-state index contributed by atoms with van der Waals surface area (Å²) in [6.07, 6.45) is 0.555. The Bertz CT molecular complexity index is 601. The summed E-state index contributed by atoms with van der Waals surface area (Å²) in [5.41, 5.74) is 7.27. The van der Waals surface area contributed by atoms with E-state index in [2.05, 4.69) is 25.6 Å². The summed E-state index contributed by atoms with van der Waals surface area (Å²) in [5, 5.41) is 13.6. The first kappa shape index (κ1) is 14.0. The second-order valence-electron chi connectivity index (χ2n) is 4.73. The van der Waals surface area contributed by atoms with Gasteiger partial charge in [0.15, 0.2) is 0 Å². The molecule has 0 saturated heterocycles. The summed E-state index contributed by atoms with van der Waals surface area (Å²) < 4.78 is 1.72. The molecule has 0 spiro atoms. The molecule has 2 aromatic rings. The normalized spacial score (nSPS) is 12.3. The third-order valence-corrected chi connectivity index (χ3v) is 3.00. The summed E-state index contributed by atoms with van der Waals surface area (Å²) in [6.45, 7) is 6.13. The van der Waals surface area contributed by atoms with Crippen molar-refractivity contribution >= 4 is 11.9 Å². The first-order valence-electron chi connectivity index (χ1n) is 6.44. The van der Waals surface area contributed by atoms with Crippen molar-refractivity contribution in [1.82, 2.24) is 30.3 Å². The lowest BCUT2D eigenvalue weighted by molar-refractivity contribution is -0.124. The Hall–Kier alpha value is -2.38. The van der Waals surface area contributed by atoms with Gasteiger partial charge in [0.2, 0.25) is 11.9 Å². The summed E-state index contributed by atoms with van der Waals surface area (Å²) >= 11 is 0. The van der Waals surface area contributed by atoms with Crippen LogP contribution in [0.1, 0.15) is 30.2 Å². The standard InChI is InChI=1S/C12H19N7O/c1-7-6-8(2)19(18-7)9(3)11(20)14-5-4-10-15-12(13)17-16-10/h6,9H,4-5H2,1-3H3,(H,14,20)(H3,13,15,16,17)/t9-/m1/s1. The van der Waals surface area contributed by atoms with E-state index < -0.39 is 0 Å². The maximum absolute atomic E-state index is 12.1. The van der Waals surface area contributed by atoms with E-state index in [0.717, 1.165) is 11.4 Å². The van der Waals surface area contributed by atoms with Gasteiger partial charge in [0, 0.05) is 18.7 Å². The molecule has 2 aromatic heterocycles. The van der Waals surface area contributed by atoms with Crippen LogP contribution in [0.25, 0.3) is 0 Å². The van der Waals surface area contributed by atoms with Crippen molar-refractivity contribution in [3.63, 3.8) is 0 Å². The first-order chi connectivity index (χ1) is 9.47. The molecule has 8 heteroatoms. The number of aromatic amines is 1. The van der Waals surface area contributed by atoms with Crippen molar-refractivity contribution in [2.45, 2.75) is 33.2 Å². The van der Waals surface area contributed by atoms with Crippen LogP contribution in [0.5, 0.6) is 0 Å². The van der Waals surface area contributed by atoms with Crippen molar-refractivity contribution in [2.24, 2.45) is 0 Å². The third kappa shape index (κ3) is 3.14. The Morgan fingerprint density at radius 2 is 2.30 bits per heavy atom. The number of rotatable bonds is 5. The fourth-order valence-corrected chi connectivity index (χ4v) is 2.02. The Morgan fingerprint density at radius 1 is 1.55 bits per heavy atom. The van der Waals surface area contributed by atoms with E-state index in [1.165, 1.54) is 0 Å². The molecule has 1 atom stereocenters. The van der Waals surface area contributed by atoms with E-state index in [1.54, 1.807) is 4.68 Å². The smallest absolute Gasteiger partial charge is 0.244 e. The van der Waals surface area contributed by atoms with Crippen LogP contribution in [-0.4, -0.2) is 37.4 Å². The molecule has 0 bridgehead atoms. The molecule has 20 heavy (non-hydrogen) atoms. The Kier molecular flexibility index (Phi) is 4.02. The average molecular weight is 277 g/mol. The third-order valence-electron chi connectivity index (χ3n) is 3.00. The molecule has 2 heterocycles. The zero-order chi connectivity index (χ0) is 14.7. The molecule has 8 nitrogen and oxygen atoms in total. The van der Waals surface area contributed by atoms with E-state index in [1.807, 2.05) is 26.8 Å². The van der Waals surface area contributed by atoms with Gasteiger partial charge in [0.1, 0.15) is 11.9 Å². The number of hydrogen-bond donors (Lipinski definition) is 3. The van der Waals surface area contributed by atoms with Gasteiger partial charge >= 0.3 is 0 Å². The molecule has 0 fully saturated rings. The van der Waals surface area contributed by atoms with E-state index in [0.29, 0.717) is 18.8 Å². The van der Waals surface area contributed by atoms with Gasteiger partial charge in [-0.1, -0.05) is 0 Å². The number of carbonyl (C=O) groups excluding carboxylic acids is 1. The quantitative estimate of drug-likeness (QED) is 0.718. The van der Waals surface area contributed by atoms with Crippen LogP contribution in [0.15, 0.2) is 6.07 Å². The first-order valence-corrected chi connectivity index (χ1v) is 6.44. The highest BCUT2D eigenvalue weighted by Crippen LogP contribution is 2.10. The van der Waals surface area contributed by atoms with Crippen molar-refractivity contribution in [1.29, 1.82) is 0 Å². The van der Waals surface area contributed by atoms with Crippen LogP contribution in [0.2, 0.25) is 0 Å². The Balaban J connectivity index is 1.87. The van der Waals surface area contributed by atoms with E-state index in [4.69, 9.17) is 5.73 Å². The molecule has 0 aromatic carbocycles. The summed E-state index contributed by atoms with van der Waals surface area (Å²) in [6, 6.07) is 1.60. The van der Waals surface area contributed by atoms with Crippen molar-refractivity contribution in [2.75, 3.05) is 12.3 Å². The lowest BCUT2D eigenvalue weighted by Crippen LogP contribution is -2.33. The number of aryl methyl sites for hydroxylation is 2. The fraction of sp³-hybridized carbons (Fsp3) is 0.500. The second-order valence-corrected chi connectivity index (χ2v) is 4.73. The molecule has 0 saturated carbocycles. The molecule has 0 radical (unpaired) electrons. The zero-order valence-corrected chi connectivity index (χ0v) is 11.8. The van der Waals surface area contributed by atoms with Crippen molar-refractivity contribution in [3.05, 3.63) is 23.3 Å². The molecule has 4 N–H and O–H groups in total. The molecular weight excluding hydrogens is 258 g/mol. The Morgan fingerprint density at radius 3 is 2.85 bits per heavy atom. The van der Waals surface area contributed by atoms with Gasteiger partial charge in [-0.15, -0.1) is 5.10 Å². The fourth-order valence-electron chi connectivity index (χ4n) is 2.02. The van der Waals surface area contributed by atoms with Gasteiger partial charge in [-0.05, 0) is 26.8 Å². The van der Waals surface area contributed by atoms with Crippen molar-refractivity contribution in [3.8, 4) is 0 Å². The van der Waals surface area contributed by atoms with Crippen molar-refractivity contribution < 1.29 is 4.79 Å². The predicted molar refractivity (Wildman–Crippen MR) is 73.9 cm³/mol. The molecule has 2 rings (SSSR count). The van der Waals surface area contributed by atoms with Crippen LogP contribution in [0.4, 0.5) is 5.95 Å². The van der Waals surface area contributed by atoms with E-state index in [-0.39, 0.29) is 17.9 Å². The summed E-state index contributed by atoms with van der Waals surface area (Å²) in [7, 11) is 0. The van der Waals surface area contributed by atoms with Crippen LogP contribution in [-0.2, 0) is 11.2 Å². The lowest BCUT2D eigenvalue weighted by Gasteiger charge is -2.14. The molecular formula is C12H19N7O. The minimum atomic E-state index is -0.344. The largest absolute Gasteiger partial charge is 0.367 e. The highest BCUT2D eigenvalue weighted by molar-refractivity contribution is 5.79. The van der Waals surface area contributed by atoms with Gasteiger partial charge in [-0.2, -0.15) is 10.1 Å². The molecule has 0 aliphatic heterocycles. The SMILES string of the molecule is Cc1cc(C)n([C@H](C)C(=O)NCCc2nc(N)n[nH]2)n1. The lowest BCUT2D eigenvalue weighted by atomic mass is 10.3. The number of amides is 1. The topological polar surface area (TPSA) is 115 Å². The van der Waals surface area contributed by atoms with Crippen LogP contribution in [0, 0.1) is 13.8 Å². The van der Waals surface area contributed by atoms with E-state index >= 15 is 0 Å². The maximum Gasteiger partial charge on any atom is 0.244 e. The number of nitrogen functional groups attached to an aromatic ring is 1. The van der Waals surface area contributed by atoms with Gasteiger partial charge in [-0.25, -0.2) is 0 Å². The minimum Gasteiger partial charge on any atom is -0.367 e. The highest BCUT2D eigenvalue weighted by atomic mass is 16.2. The van der Waals surface area contributed by atoms with E-state index in [9.17, 15) is 4.79 Å². The summed E-state index contributed by atoms with van der Waals surface area (Å²) in [5.74, 6) is 0.785. The number of carbonyl (C=O) groups is 1. The number of H-pyrrole nitrogens is 1. The molecule has 0 aliphatic rings. The number of nitrogens with one attached hydrogen (secondary N) is 2. The van der Waals surface area contributed by atoms with Gasteiger partial charge in [-0.3, -0.25) is 14.6 Å². The average Bonchev–Trinajstić information content (AvgIpc) is 2.94. The number of nitrogens with zero attached hydrogens (tertiary/aromatic N) is 4. The predicted octanol–water partition coefficient (Wildman–Crippen LogP) is 0.120. The maximum atomic E-state index is 12.1. The molecule has 108 valence electrons. The second kappa shape index (κ2) is 5.72. The number of hydrogen-bond acceptors (Lipinski definition) is 5. The Labute approximate surface area is 116 Å².